The van der Waals surface area contributed by atoms with Crippen LogP contribution in [-0.2, 0) is 10.0 Å². The maximum Gasteiger partial charge on any atom is 0.252 e. The number of amides is 1. The molecule has 0 saturated carbocycles. The Balaban J connectivity index is 2.41. The van der Waals surface area contributed by atoms with Gasteiger partial charge in [0.15, 0.2) is 0 Å². The van der Waals surface area contributed by atoms with Gasteiger partial charge in [-0.25, -0.2) is 17.9 Å². The van der Waals surface area contributed by atoms with Crippen molar-refractivity contribution in [3.63, 3.8) is 0 Å². The molecule has 1 atom stereocenters. The molecule has 0 radical (unpaired) electrons. The number of nitrogens with one attached hydrogen (secondary N) is 1. The molecule has 140 valence electrons. The lowest BCUT2D eigenvalue weighted by Gasteiger charge is -2.32. The van der Waals surface area contributed by atoms with Crippen LogP contribution in [0.3, 0.4) is 0 Å². The third kappa shape index (κ3) is 4.90. The molecule has 1 unspecified atom stereocenters. The summed E-state index contributed by atoms with van der Waals surface area (Å²) in [6, 6.07) is 9.47. The highest BCUT2D eigenvalue weighted by molar-refractivity contribution is 9.10. The standard InChI is InChI=1S/C18H20BrFN2O3S/c1-18(2,3)16(11-4-6-12(20)7-5-11)22-17(23)14-10-13(26(21,24)25)8-9-15(14)19/h4-10,16H,1-3H3,(H,22,23)(H2,21,24,25). The van der Waals surface area contributed by atoms with E-state index < -0.39 is 22.0 Å². The minimum atomic E-state index is -3.93. The molecular weight excluding hydrogens is 423 g/mol. The molecule has 3 N–H and O–H groups in total. The van der Waals surface area contributed by atoms with Crippen molar-refractivity contribution in [1.29, 1.82) is 0 Å². The number of hydrogen-bond acceptors (Lipinski definition) is 3. The third-order valence-electron chi connectivity index (χ3n) is 3.86. The summed E-state index contributed by atoms with van der Waals surface area (Å²) in [5.74, 6) is -0.831. The van der Waals surface area contributed by atoms with E-state index in [-0.39, 0.29) is 21.7 Å². The highest BCUT2D eigenvalue weighted by Gasteiger charge is 2.29. The fourth-order valence-electron chi connectivity index (χ4n) is 2.52. The maximum absolute atomic E-state index is 13.2. The Morgan fingerprint density at radius 1 is 1.15 bits per heavy atom. The van der Waals surface area contributed by atoms with E-state index in [9.17, 15) is 17.6 Å². The first-order chi connectivity index (χ1) is 11.9. The topological polar surface area (TPSA) is 89.3 Å². The molecule has 0 aliphatic carbocycles. The fraction of sp³-hybridized carbons (Fsp3) is 0.278. The van der Waals surface area contributed by atoms with Gasteiger partial charge in [-0.1, -0.05) is 32.9 Å². The Hall–Kier alpha value is -1.77. The summed E-state index contributed by atoms with van der Waals surface area (Å²) in [5, 5.41) is 8.04. The molecular formula is C18H20BrFN2O3S. The molecule has 5 nitrogen and oxygen atoms in total. The number of primary sulfonamides is 1. The number of rotatable bonds is 4. The monoisotopic (exact) mass is 442 g/mol. The van der Waals surface area contributed by atoms with Crippen molar-refractivity contribution in [1.82, 2.24) is 5.32 Å². The van der Waals surface area contributed by atoms with Gasteiger partial charge in [-0.15, -0.1) is 0 Å². The molecule has 0 aliphatic rings. The van der Waals surface area contributed by atoms with E-state index in [1.807, 2.05) is 20.8 Å². The second-order valence-corrected chi connectivity index (χ2v) is 9.43. The Bertz CT molecular complexity index is 922. The van der Waals surface area contributed by atoms with E-state index in [4.69, 9.17) is 5.14 Å². The van der Waals surface area contributed by atoms with Crippen LogP contribution in [0.1, 0.15) is 42.7 Å². The molecule has 0 aliphatic heterocycles. The second-order valence-electron chi connectivity index (χ2n) is 7.01. The average Bonchev–Trinajstić information content (AvgIpc) is 2.51. The largest absolute Gasteiger partial charge is 0.345 e. The second kappa shape index (κ2) is 7.46. The first-order valence-electron chi connectivity index (χ1n) is 7.78. The Morgan fingerprint density at radius 2 is 1.73 bits per heavy atom. The minimum Gasteiger partial charge on any atom is -0.345 e. The summed E-state index contributed by atoms with van der Waals surface area (Å²) in [6.45, 7) is 5.82. The van der Waals surface area contributed by atoms with Crippen LogP contribution in [-0.4, -0.2) is 14.3 Å². The molecule has 2 rings (SSSR count). The quantitative estimate of drug-likeness (QED) is 0.755. The van der Waals surface area contributed by atoms with Crippen LogP contribution in [0.25, 0.3) is 0 Å². The summed E-state index contributed by atoms with van der Waals surface area (Å²) in [6.07, 6.45) is 0. The van der Waals surface area contributed by atoms with Gasteiger partial charge in [0.25, 0.3) is 5.91 Å². The van der Waals surface area contributed by atoms with Crippen molar-refractivity contribution in [2.45, 2.75) is 31.7 Å². The molecule has 0 fully saturated rings. The lowest BCUT2D eigenvalue weighted by molar-refractivity contribution is 0.0900. The number of benzene rings is 2. The number of carbonyl (C=O) groups is 1. The third-order valence-corrected chi connectivity index (χ3v) is 5.46. The average molecular weight is 443 g/mol. The van der Waals surface area contributed by atoms with Gasteiger partial charge < -0.3 is 5.32 Å². The number of nitrogens with two attached hydrogens (primary N) is 1. The summed E-state index contributed by atoms with van der Waals surface area (Å²) in [4.78, 5) is 12.6. The summed E-state index contributed by atoms with van der Waals surface area (Å²) >= 11 is 3.26. The van der Waals surface area contributed by atoms with Crippen molar-refractivity contribution in [2.24, 2.45) is 10.6 Å². The van der Waals surface area contributed by atoms with E-state index in [2.05, 4.69) is 21.2 Å². The van der Waals surface area contributed by atoms with Crippen LogP contribution < -0.4 is 10.5 Å². The van der Waals surface area contributed by atoms with Crippen LogP contribution in [0, 0.1) is 11.2 Å². The van der Waals surface area contributed by atoms with Gasteiger partial charge in [-0.2, -0.15) is 0 Å². The zero-order chi connectivity index (χ0) is 19.7. The van der Waals surface area contributed by atoms with Crippen LogP contribution in [0.2, 0.25) is 0 Å². The minimum absolute atomic E-state index is 0.146. The molecule has 0 spiro atoms. The smallest absolute Gasteiger partial charge is 0.252 e. The zero-order valence-corrected chi connectivity index (χ0v) is 17.0. The Kier molecular flexibility index (Phi) is 5.89. The summed E-state index contributed by atoms with van der Waals surface area (Å²) in [5.41, 5.74) is 0.524. The molecule has 8 heteroatoms. The lowest BCUT2D eigenvalue weighted by Crippen LogP contribution is -2.37. The van der Waals surface area contributed by atoms with Crippen LogP contribution >= 0.6 is 15.9 Å². The van der Waals surface area contributed by atoms with E-state index >= 15 is 0 Å². The first-order valence-corrected chi connectivity index (χ1v) is 10.1. The van der Waals surface area contributed by atoms with Crippen LogP contribution in [0.5, 0.6) is 0 Å². The molecule has 2 aromatic carbocycles. The van der Waals surface area contributed by atoms with Crippen molar-refractivity contribution < 1.29 is 17.6 Å². The maximum atomic E-state index is 13.2. The van der Waals surface area contributed by atoms with E-state index in [1.165, 1.54) is 30.3 Å². The van der Waals surface area contributed by atoms with Gasteiger partial charge in [0, 0.05) is 4.47 Å². The molecule has 26 heavy (non-hydrogen) atoms. The number of halogens is 2. The summed E-state index contributed by atoms with van der Waals surface area (Å²) < 4.78 is 36.8. The van der Waals surface area contributed by atoms with Gasteiger partial charge in [-0.3, -0.25) is 4.79 Å². The van der Waals surface area contributed by atoms with Crippen molar-refractivity contribution in [3.8, 4) is 0 Å². The lowest BCUT2D eigenvalue weighted by atomic mass is 9.82. The number of carbonyl (C=O) groups excluding carboxylic acids is 1. The first kappa shape index (κ1) is 20.5. The predicted octanol–water partition coefficient (Wildman–Crippen LogP) is 3.75. The Labute approximate surface area is 161 Å². The van der Waals surface area contributed by atoms with Gasteiger partial charge >= 0.3 is 0 Å². The zero-order valence-electron chi connectivity index (χ0n) is 14.6. The molecule has 0 saturated heterocycles. The van der Waals surface area contributed by atoms with Gasteiger partial charge in [-0.05, 0) is 57.2 Å². The SMILES string of the molecule is CC(C)(C)C(NC(=O)c1cc(S(N)(=O)=O)ccc1Br)c1ccc(F)cc1. The van der Waals surface area contributed by atoms with Crippen molar-refractivity contribution in [3.05, 3.63) is 63.9 Å². The normalized spacial score (nSPS) is 13.3. The fourth-order valence-corrected chi connectivity index (χ4v) is 3.49. The molecule has 1 amide bonds. The van der Waals surface area contributed by atoms with E-state index in [0.29, 0.717) is 4.47 Å². The van der Waals surface area contributed by atoms with E-state index in [1.54, 1.807) is 12.1 Å². The van der Waals surface area contributed by atoms with E-state index in [0.717, 1.165) is 5.56 Å². The molecule has 0 aromatic heterocycles. The van der Waals surface area contributed by atoms with Gasteiger partial charge in [0.05, 0.1) is 16.5 Å². The van der Waals surface area contributed by atoms with Crippen molar-refractivity contribution >= 4 is 31.9 Å². The highest BCUT2D eigenvalue weighted by Crippen LogP contribution is 2.33. The van der Waals surface area contributed by atoms with Crippen LogP contribution in [0.4, 0.5) is 4.39 Å². The van der Waals surface area contributed by atoms with Gasteiger partial charge in [0.2, 0.25) is 10.0 Å². The Morgan fingerprint density at radius 3 is 2.23 bits per heavy atom. The molecule has 2 aromatic rings. The molecule has 0 heterocycles. The van der Waals surface area contributed by atoms with Crippen molar-refractivity contribution in [2.75, 3.05) is 0 Å². The number of hydrogen-bond donors (Lipinski definition) is 2. The highest BCUT2D eigenvalue weighted by atomic mass is 79.9. The number of sulfonamides is 1. The van der Waals surface area contributed by atoms with Gasteiger partial charge in [0.1, 0.15) is 5.82 Å². The summed E-state index contributed by atoms with van der Waals surface area (Å²) in [7, 11) is -3.93. The predicted molar refractivity (Wildman–Crippen MR) is 102 cm³/mol. The van der Waals surface area contributed by atoms with Crippen LogP contribution in [0.15, 0.2) is 51.8 Å². The molecule has 0 bridgehead atoms.